The molecule has 5 rings (SSSR count). The van der Waals surface area contributed by atoms with Crippen LogP contribution in [0, 0.1) is 6.92 Å². The van der Waals surface area contributed by atoms with Gasteiger partial charge in [0.1, 0.15) is 5.82 Å². The number of aryl methyl sites for hydroxylation is 2. The van der Waals surface area contributed by atoms with Gasteiger partial charge in [0.05, 0.1) is 41.3 Å². The number of fused-ring (bicyclic) bond motifs is 2. The van der Waals surface area contributed by atoms with E-state index in [-0.39, 0.29) is 18.5 Å². The van der Waals surface area contributed by atoms with E-state index in [2.05, 4.69) is 20.2 Å². The molecule has 1 atom stereocenters. The molecule has 1 amide bonds. The average molecular weight is 480 g/mol. The fourth-order valence-electron chi connectivity index (χ4n) is 4.53. The molecule has 35 heavy (non-hydrogen) atoms. The standard InChI is InChI=1S/C25H23F3N6O/c1-14-9-17-10-15(5-8-20(17)32-23(14)29)24(35)34(21-4-2-3-16-11-31-33-22(16)21)13-19-7-6-18(12-30-19)25(26,27)28/h5-12,21H,2-4,13H2,1H3,(H2,29,32)(H,31,33)/t21-/m1/s1. The van der Waals surface area contributed by atoms with Gasteiger partial charge in [-0.2, -0.15) is 18.3 Å². The Hall–Kier alpha value is -3.95. The lowest BCUT2D eigenvalue weighted by molar-refractivity contribution is -0.137. The van der Waals surface area contributed by atoms with Crippen molar-refractivity contribution in [1.29, 1.82) is 0 Å². The number of nitrogen functional groups attached to an aromatic ring is 1. The third-order valence-corrected chi connectivity index (χ3v) is 6.42. The van der Waals surface area contributed by atoms with Crippen molar-refractivity contribution < 1.29 is 18.0 Å². The number of benzene rings is 1. The number of carbonyl (C=O) groups is 1. The van der Waals surface area contributed by atoms with Gasteiger partial charge in [0, 0.05) is 17.1 Å². The molecule has 3 heterocycles. The molecular weight excluding hydrogens is 457 g/mol. The second-order valence-electron chi connectivity index (χ2n) is 8.78. The van der Waals surface area contributed by atoms with Crippen LogP contribution in [-0.2, 0) is 19.1 Å². The highest BCUT2D eigenvalue weighted by Gasteiger charge is 2.33. The summed E-state index contributed by atoms with van der Waals surface area (Å²) in [6.07, 6.45) is 0.500. The first-order valence-electron chi connectivity index (χ1n) is 11.2. The van der Waals surface area contributed by atoms with Gasteiger partial charge in [-0.25, -0.2) is 4.98 Å². The number of carbonyl (C=O) groups excluding carboxylic acids is 1. The smallest absolute Gasteiger partial charge is 0.383 e. The highest BCUT2D eigenvalue weighted by atomic mass is 19.4. The molecule has 0 fully saturated rings. The summed E-state index contributed by atoms with van der Waals surface area (Å²) in [7, 11) is 0. The maximum absolute atomic E-state index is 13.8. The van der Waals surface area contributed by atoms with Crippen LogP contribution in [0.2, 0.25) is 0 Å². The molecule has 3 N–H and O–H groups in total. The number of amides is 1. The molecule has 1 aliphatic rings. The summed E-state index contributed by atoms with van der Waals surface area (Å²) in [6.45, 7) is 1.90. The van der Waals surface area contributed by atoms with Crippen molar-refractivity contribution in [3.05, 3.63) is 82.4 Å². The van der Waals surface area contributed by atoms with Crippen molar-refractivity contribution in [2.45, 2.75) is 44.9 Å². The molecule has 0 radical (unpaired) electrons. The molecule has 0 aliphatic heterocycles. The monoisotopic (exact) mass is 480 g/mol. The molecule has 180 valence electrons. The number of pyridine rings is 2. The van der Waals surface area contributed by atoms with Crippen molar-refractivity contribution >= 4 is 22.6 Å². The predicted molar refractivity (Wildman–Crippen MR) is 124 cm³/mol. The number of H-pyrrole nitrogens is 1. The number of hydrogen-bond donors (Lipinski definition) is 2. The van der Waals surface area contributed by atoms with Crippen LogP contribution in [0.1, 0.15) is 57.3 Å². The Balaban J connectivity index is 1.53. The van der Waals surface area contributed by atoms with Crippen molar-refractivity contribution in [1.82, 2.24) is 25.1 Å². The van der Waals surface area contributed by atoms with Crippen LogP contribution in [0.4, 0.5) is 19.0 Å². The zero-order valence-corrected chi connectivity index (χ0v) is 18.9. The number of nitrogens with two attached hydrogens (primary N) is 1. The Morgan fingerprint density at radius 3 is 2.77 bits per heavy atom. The molecule has 3 aromatic heterocycles. The first-order chi connectivity index (χ1) is 16.7. The van der Waals surface area contributed by atoms with Crippen LogP contribution >= 0.6 is 0 Å². The van der Waals surface area contributed by atoms with Gasteiger partial charge in [-0.15, -0.1) is 0 Å². The maximum Gasteiger partial charge on any atom is 0.417 e. The van der Waals surface area contributed by atoms with Gasteiger partial charge in [-0.05, 0) is 73.7 Å². The van der Waals surface area contributed by atoms with Gasteiger partial charge < -0.3 is 10.6 Å². The van der Waals surface area contributed by atoms with Crippen LogP contribution in [0.15, 0.2) is 48.8 Å². The third kappa shape index (κ3) is 4.43. The van der Waals surface area contributed by atoms with Crippen molar-refractivity contribution in [3.8, 4) is 0 Å². The van der Waals surface area contributed by atoms with Crippen molar-refractivity contribution in [3.63, 3.8) is 0 Å². The zero-order valence-electron chi connectivity index (χ0n) is 18.9. The Morgan fingerprint density at radius 1 is 1.20 bits per heavy atom. The quantitative estimate of drug-likeness (QED) is 0.429. The van der Waals surface area contributed by atoms with Crippen LogP contribution in [0.25, 0.3) is 10.9 Å². The minimum absolute atomic E-state index is 0.0527. The van der Waals surface area contributed by atoms with E-state index in [9.17, 15) is 18.0 Å². The van der Waals surface area contributed by atoms with E-state index in [1.165, 1.54) is 6.07 Å². The topological polar surface area (TPSA) is 101 Å². The number of alkyl halides is 3. The van der Waals surface area contributed by atoms with E-state index in [1.54, 1.807) is 29.3 Å². The largest absolute Gasteiger partial charge is 0.417 e. The van der Waals surface area contributed by atoms with E-state index in [4.69, 9.17) is 5.73 Å². The molecule has 0 saturated heterocycles. The van der Waals surface area contributed by atoms with Crippen LogP contribution in [0.3, 0.4) is 0 Å². The molecule has 0 unspecified atom stereocenters. The van der Waals surface area contributed by atoms with Crippen LogP contribution in [-0.4, -0.2) is 31.0 Å². The maximum atomic E-state index is 13.8. The van der Waals surface area contributed by atoms with Crippen LogP contribution in [0.5, 0.6) is 0 Å². The normalized spacial score (nSPS) is 15.7. The van der Waals surface area contributed by atoms with E-state index in [0.29, 0.717) is 29.0 Å². The fraction of sp³-hybridized carbons (Fsp3) is 0.280. The minimum Gasteiger partial charge on any atom is -0.383 e. The highest BCUT2D eigenvalue weighted by Crippen LogP contribution is 2.35. The van der Waals surface area contributed by atoms with E-state index in [1.807, 2.05) is 13.0 Å². The van der Waals surface area contributed by atoms with Gasteiger partial charge in [0.15, 0.2) is 0 Å². The number of aromatic amines is 1. The summed E-state index contributed by atoms with van der Waals surface area (Å²) in [4.78, 5) is 23.9. The van der Waals surface area contributed by atoms with E-state index >= 15 is 0 Å². The molecule has 4 aromatic rings. The third-order valence-electron chi connectivity index (χ3n) is 6.42. The Labute approximate surface area is 199 Å². The number of rotatable bonds is 4. The number of nitrogens with one attached hydrogen (secondary N) is 1. The van der Waals surface area contributed by atoms with Gasteiger partial charge >= 0.3 is 6.18 Å². The molecule has 7 nitrogen and oxygen atoms in total. The molecule has 1 aromatic carbocycles. The molecule has 0 spiro atoms. The second kappa shape index (κ2) is 8.68. The molecule has 0 saturated carbocycles. The Kier molecular flexibility index (Phi) is 5.66. The first kappa shape index (κ1) is 22.8. The summed E-state index contributed by atoms with van der Waals surface area (Å²) in [5.41, 5.74) is 9.26. The van der Waals surface area contributed by atoms with Gasteiger partial charge in [0.25, 0.3) is 5.91 Å². The molecule has 1 aliphatic carbocycles. The van der Waals surface area contributed by atoms with Gasteiger partial charge in [0.2, 0.25) is 0 Å². The summed E-state index contributed by atoms with van der Waals surface area (Å²) in [5.74, 6) is 0.177. The SMILES string of the molecule is Cc1cc2cc(C(=O)N(Cc3ccc(C(F)(F)F)cn3)[C@@H]3CCCc4cn[nH]c43)ccc2nc1N. The highest BCUT2D eigenvalue weighted by molar-refractivity contribution is 5.98. The number of aromatic nitrogens is 4. The molecule has 10 heteroatoms. The summed E-state index contributed by atoms with van der Waals surface area (Å²) in [5, 5.41) is 7.94. The Bertz CT molecular complexity index is 1400. The first-order valence-corrected chi connectivity index (χ1v) is 11.2. The van der Waals surface area contributed by atoms with Crippen molar-refractivity contribution in [2.75, 3.05) is 5.73 Å². The Morgan fingerprint density at radius 2 is 2.03 bits per heavy atom. The number of hydrogen-bond acceptors (Lipinski definition) is 5. The predicted octanol–water partition coefficient (Wildman–Crippen LogP) is 4.98. The lowest BCUT2D eigenvalue weighted by atomic mass is 9.92. The second-order valence-corrected chi connectivity index (χ2v) is 8.78. The average Bonchev–Trinajstić information content (AvgIpc) is 3.32. The summed E-state index contributed by atoms with van der Waals surface area (Å²) < 4.78 is 39.0. The van der Waals surface area contributed by atoms with E-state index < -0.39 is 11.7 Å². The summed E-state index contributed by atoms with van der Waals surface area (Å²) >= 11 is 0. The van der Waals surface area contributed by atoms with Crippen molar-refractivity contribution in [2.24, 2.45) is 0 Å². The minimum atomic E-state index is -4.48. The fourth-order valence-corrected chi connectivity index (χ4v) is 4.53. The lowest BCUT2D eigenvalue weighted by Crippen LogP contribution is -2.36. The molecule has 0 bridgehead atoms. The molecular formula is C25H23F3N6O. The van der Waals surface area contributed by atoms with Gasteiger partial charge in [-0.3, -0.25) is 14.9 Å². The van der Waals surface area contributed by atoms with E-state index in [0.717, 1.165) is 47.3 Å². The van der Waals surface area contributed by atoms with Gasteiger partial charge in [-0.1, -0.05) is 0 Å². The summed E-state index contributed by atoms with van der Waals surface area (Å²) in [6, 6.07) is 9.08. The number of anilines is 1. The number of nitrogens with zero attached hydrogens (tertiary/aromatic N) is 4. The van der Waals surface area contributed by atoms with Crippen LogP contribution < -0.4 is 5.73 Å². The zero-order chi connectivity index (χ0) is 24.7. The lowest BCUT2D eigenvalue weighted by Gasteiger charge is -2.34. The number of halogens is 3.